The van der Waals surface area contributed by atoms with Gasteiger partial charge in [-0.25, -0.2) is 0 Å². The molecule has 0 fully saturated rings. The second-order valence-corrected chi connectivity index (χ2v) is 6.65. The summed E-state index contributed by atoms with van der Waals surface area (Å²) in [6, 6.07) is 27.4. The van der Waals surface area contributed by atoms with E-state index in [1.807, 2.05) is 84.9 Å². The minimum Gasteiger partial charge on any atom is -0.756 e. The molecule has 0 aromatic heterocycles. The van der Waals surface area contributed by atoms with Crippen molar-refractivity contribution in [2.24, 2.45) is 0 Å². The smallest absolute Gasteiger partial charge is 0.212 e. The summed E-state index contributed by atoms with van der Waals surface area (Å²) < 4.78 is 5.76. The molecule has 3 rings (SSSR count). The Labute approximate surface area is 166 Å². The zero-order chi connectivity index (χ0) is 19.6. The third-order valence-corrected chi connectivity index (χ3v) is 4.52. The molecule has 1 amide bonds. The third kappa shape index (κ3) is 6.25. The summed E-state index contributed by atoms with van der Waals surface area (Å²) in [6.45, 7) is 0.709. The summed E-state index contributed by atoms with van der Waals surface area (Å²) in [5.74, 6) is 0.410. The summed E-state index contributed by atoms with van der Waals surface area (Å²) >= 11 is 0. The van der Waals surface area contributed by atoms with Crippen LogP contribution in [-0.2, 0) is 24.2 Å². The highest BCUT2D eigenvalue weighted by Crippen LogP contribution is 2.15. The lowest BCUT2D eigenvalue weighted by Crippen LogP contribution is -2.27. The van der Waals surface area contributed by atoms with Gasteiger partial charge in [0.1, 0.15) is 12.4 Å². The van der Waals surface area contributed by atoms with Crippen molar-refractivity contribution in [2.45, 2.75) is 25.9 Å². The quantitative estimate of drug-likeness (QED) is 0.507. The molecule has 0 aliphatic carbocycles. The molecule has 4 heteroatoms. The fraction of sp³-hybridized carbons (Fsp3) is 0.208. The van der Waals surface area contributed by atoms with Crippen LogP contribution in [0.5, 0.6) is 5.75 Å². The molecule has 28 heavy (non-hydrogen) atoms. The first-order valence-corrected chi connectivity index (χ1v) is 9.48. The Morgan fingerprint density at radius 3 is 1.96 bits per heavy atom. The number of nitrogens with zero attached hydrogens (tertiary/aromatic N) is 1. The molecule has 3 aromatic rings. The van der Waals surface area contributed by atoms with Crippen LogP contribution in [0, 0.1) is 5.21 Å². The highest BCUT2D eigenvalue weighted by molar-refractivity contribution is 5.76. The molecule has 0 saturated heterocycles. The number of hydrogen-bond donors (Lipinski definition) is 0. The molecular formula is C24H24NO3-. The second-order valence-electron chi connectivity index (χ2n) is 6.65. The van der Waals surface area contributed by atoms with Gasteiger partial charge < -0.3 is 15.0 Å². The number of hydroxylamine groups is 2. The van der Waals surface area contributed by atoms with Crippen molar-refractivity contribution in [2.75, 3.05) is 6.54 Å². The molecule has 144 valence electrons. The number of ether oxygens (including phenoxy) is 1. The zero-order valence-corrected chi connectivity index (χ0v) is 15.8. The van der Waals surface area contributed by atoms with E-state index in [0.29, 0.717) is 24.5 Å². The number of carbonyl (C=O) groups excluding carboxylic acids is 1. The van der Waals surface area contributed by atoms with E-state index in [9.17, 15) is 10.0 Å². The van der Waals surface area contributed by atoms with E-state index >= 15 is 0 Å². The standard InChI is InChI=1S/C24H24NO3/c26-24(25(27)18-17-20-7-3-1-4-8-20)16-13-21-11-14-23(15-12-21)28-19-22-9-5-2-6-10-22/h1-12,14-15H,13,16-19H2/q-1. The van der Waals surface area contributed by atoms with E-state index in [4.69, 9.17) is 4.74 Å². The first kappa shape index (κ1) is 19.6. The number of carbonyl (C=O) groups is 1. The van der Waals surface area contributed by atoms with E-state index in [0.717, 1.165) is 22.4 Å². The van der Waals surface area contributed by atoms with Crippen molar-refractivity contribution in [3.63, 3.8) is 0 Å². The van der Waals surface area contributed by atoms with Gasteiger partial charge in [0.25, 0.3) is 0 Å². The maximum absolute atomic E-state index is 12.1. The summed E-state index contributed by atoms with van der Waals surface area (Å²) in [7, 11) is 0. The van der Waals surface area contributed by atoms with Crippen molar-refractivity contribution in [1.82, 2.24) is 5.06 Å². The van der Waals surface area contributed by atoms with Crippen molar-refractivity contribution >= 4 is 5.91 Å². The summed E-state index contributed by atoms with van der Waals surface area (Å²) in [6.07, 6.45) is 1.33. The topological polar surface area (TPSA) is 52.6 Å². The molecule has 0 aliphatic rings. The Bertz CT molecular complexity index is 848. The third-order valence-electron chi connectivity index (χ3n) is 4.52. The van der Waals surface area contributed by atoms with Crippen LogP contribution in [0.3, 0.4) is 0 Å². The Balaban J connectivity index is 1.40. The molecule has 0 unspecified atom stereocenters. The largest absolute Gasteiger partial charge is 0.756 e. The van der Waals surface area contributed by atoms with Gasteiger partial charge in [0, 0.05) is 13.0 Å². The molecule has 4 nitrogen and oxygen atoms in total. The summed E-state index contributed by atoms with van der Waals surface area (Å²) in [4.78, 5) is 12.1. The number of hydrogen-bond acceptors (Lipinski definition) is 3. The van der Waals surface area contributed by atoms with Crippen LogP contribution in [0.15, 0.2) is 84.9 Å². The van der Waals surface area contributed by atoms with Crippen LogP contribution >= 0.6 is 0 Å². The predicted octanol–water partition coefficient (Wildman–Crippen LogP) is 4.77. The van der Waals surface area contributed by atoms with Crippen molar-refractivity contribution in [3.8, 4) is 5.75 Å². The Hall–Kier alpha value is -3.11. The maximum Gasteiger partial charge on any atom is 0.212 e. The molecule has 0 saturated carbocycles. The Morgan fingerprint density at radius 2 is 1.32 bits per heavy atom. The predicted molar refractivity (Wildman–Crippen MR) is 111 cm³/mol. The van der Waals surface area contributed by atoms with E-state index in [-0.39, 0.29) is 18.9 Å². The maximum atomic E-state index is 12.1. The first-order valence-electron chi connectivity index (χ1n) is 9.48. The van der Waals surface area contributed by atoms with Gasteiger partial charge in [-0.1, -0.05) is 72.8 Å². The average molecular weight is 374 g/mol. The van der Waals surface area contributed by atoms with Gasteiger partial charge in [-0.2, -0.15) is 0 Å². The van der Waals surface area contributed by atoms with Crippen LogP contribution in [0.2, 0.25) is 0 Å². The zero-order valence-electron chi connectivity index (χ0n) is 15.8. The molecule has 3 aromatic carbocycles. The van der Waals surface area contributed by atoms with Gasteiger partial charge in [0.05, 0.1) is 0 Å². The Morgan fingerprint density at radius 1 is 0.750 bits per heavy atom. The van der Waals surface area contributed by atoms with E-state index in [1.54, 1.807) is 0 Å². The summed E-state index contributed by atoms with van der Waals surface area (Å²) in [5, 5.41) is 12.5. The van der Waals surface area contributed by atoms with E-state index < -0.39 is 0 Å². The van der Waals surface area contributed by atoms with E-state index in [2.05, 4.69) is 0 Å². The van der Waals surface area contributed by atoms with Gasteiger partial charge in [-0.05, 0) is 41.7 Å². The lowest BCUT2D eigenvalue weighted by atomic mass is 10.1. The number of aryl methyl sites for hydroxylation is 1. The van der Waals surface area contributed by atoms with Crippen LogP contribution in [0.1, 0.15) is 23.1 Å². The lowest BCUT2D eigenvalue weighted by Gasteiger charge is -2.28. The highest BCUT2D eigenvalue weighted by atomic mass is 16.5. The molecule has 0 bridgehead atoms. The Kier molecular flexibility index (Phi) is 7.21. The van der Waals surface area contributed by atoms with Gasteiger partial charge in [0.15, 0.2) is 0 Å². The van der Waals surface area contributed by atoms with Gasteiger partial charge in [-0.15, -0.1) is 0 Å². The number of amides is 1. The van der Waals surface area contributed by atoms with Crippen molar-refractivity contribution < 1.29 is 9.53 Å². The van der Waals surface area contributed by atoms with Crippen LogP contribution in [-0.4, -0.2) is 17.5 Å². The summed E-state index contributed by atoms with van der Waals surface area (Å²) in [5.41, 5.74) is 3.18. The SMILES string of the molecule is O=C(CCc1ccc(OCc2ccccc2)cc1)N([O-])CCc1ccccc1. The number of rotatable bonds is 9. The minimum absolute atomic E-state index is 0.190. The molecule has 0 radical (unpaired) electrons. The molecular weight excluding hydrogens is 350 g/mol. The minimum atomic E-state index is -0.375. The van der Waals surface area contributed by atoms with Crippen molar-refractivity contribution in [1.29, 1.82) is 0 Å². The average Bonchev–Trinajstić information content (AvgIpc) is 2.76. The van der Waals surface area contributed by atoms with Crippen molar-refractivity contribution in [3.05, 3.63) is 107 Å². The fourth-order valence-electron chi connectivity index (χ4n) is 2.87. The van der Waals surface area contributed by atoms with Crippen LogP contribution in [0.4, 0.5) is 0 Å². The molecule has 0 N–H and O–H groups in total. The van der Waals surface area contributed by atoms with Crippen LogP contribution < -0.4 is 4.74 Å². The lowest BCUT2D eigenvalue weighted by molar-refractivity contribution is -0.128. The molecule has 0 heterocycles. The van der Waals surface area contributed by atoms with Gasteiger partial charge in [-0.3, -0.25) is 4.79 Å². The monoisotopic (exact) mass is 374 g/mol. The molecule has 0 atom stereocenters. The van der Waals surface area contributed by atoms with Gasteiger partial charge >= 0.3 is 0 Å². The normalized spacial score (nSPS) is 10.5. The first-order chi connectivity index (χ1) is 13.7. The van der Waals surface area contributed by atoms with Crippen LogP contribution in [0.25, 0.3) is 0 Å². The number of benzene rings is 3. The fourth-order valence-corrected chi connectivity index (χ4v) is 2.87. The second kappa shape index (κ2) is 10.3. The van der Waals surface area contributed by atoms with E-state index in [1.165, 1.54) is 0 Å². The van der Waals surface area contributed by atoms with Gasteiger partial charge in [0.2, 0.25) is 5.91 Å². The molecule has 0 aliphatic heterocycles. The molecule has 0 spiro atoms. The highest BCUT2D eigenvalue weighted by Gasteiger charge is 2.06.